The highest BCUT2D eigenvalue weighted by molar-refractivity contribution is 5.53. The number of rotatable bonds is 4. The van der Waals surface area contributed by atoms with Crippen molar-refractivity contribution in [3.8, 4) is 11.4 Å². The molecule has 1 aliphatic rings. The van der Waals surface area contributed by atoms with Crippen molar-refractivity contribution in [3.05, 3.63) is 63.1 Å². The zero-order valence-corrected chi connectivity index (χ0v) is 16.7. The van der Waals surface area contributed by atoms with Crippen molar-refractivity contribution in [2.45, 2.75) is 46.7 Å². The lowest BCUT2D eigenvalue weighted by molar-refractivity contribution is 0.277. The van der Waals surface area contributed by atoms with Gasteiger partial charge in [0, 0.05) is 67.4 Å². The molecular weight excluding hydrogens is 352 g/mol. The number of pyridine rings is 1. The summed E-state index contributed by atoms with van der Waals surface area (Å²) in [7, 11) is 0. The molecule has 28 heavy (non-hydrogen) atoms. The second-order valence-electron chi connectivity index (χ2n) is 7.32. The molecule has 0 bridgehead atoms. The Balaban J connectivity index is 1.57. The number of aromatic nitrogens is 5. The topological polar surface area (TPSA) is 79.7 Å². The molecule has 7 nitrogen and oxygen atoms in total. The van der Waals surface area contributed by atoms with Crippen molar-refractivity contribution in [2.24, 2.45) is 0 Å². The van der Waals surface area contributed by atoms with Gasteiger partial charge in [0.25, 0.3) is 5.56 Å². The average Bonchev–Trinajstić information content (AvgIpc) is 2.86. The maximum absolute atomic E-state index is 12.7. The maximum Gasteiger partial charge on any atom is 0.254 e. The summed E-state index contributed by atoms with van der Waals surface area (Å²) in [5.74, 6) is 0.598. The summed E-state index contributed by atoms with van der Waals surface area (Å²) in [5, 5.41) is 4.63. The highest BCUT2D eigenvalue weighted by Crippen LogP contribution is 2.20. The lowest BCUT2D eigenvalue weighted by Crippen LogP contribution is -2.27. The Morgan fingerprint density at radius 2 is 2.04 bits per heavy atom. The number of H-pyrrole nitrogens is 1. The van der Waals surface area contributed by atoms with Gasteiger partial charge in [-0.05, 0) is 39.3 Å². The fourth-order valence-electron chi connectivity index (χ4n) is 3.95. The van der Waals surface area contributed by atoms with Gasteiger partial charge in [-0.2, -0.15) is 5.10 Å². The van der Waals surface area contributed by atoms with Gasteiger partial charge in [-0.15, -0.1) is 0 Å². The normalized spacial score (nSPS) is 14.7. The van der Waals surface area contributed by atoms with Crippen LogP contribution in [0.25, 0.3) is 11.4 Å². The molecule has 3 aromatic rings. The Hall–Kier alpha value is -2.80. The first-order chi connectivity index (χ1) is 13.6. The zero-order valence-electron chi connectivity index (χ0n) is 16.7. The summed E-state index contributed by atoms with van der Waals surface area (Å²) >= 11 is 0. The van der Waals surface area contributed by atoms with Crippen molar-refractivity contribution in [3.63, 3.8) is 0 Å². The van der Waals surface area contributed by atoms with Crippen molar-refractivity contribution in [2.75, 3.05) is 13.1 Å². The van der Waals surface area contributed by atoms with Crippen LogP contribution in [-0.2, 0) is 25.9 Å². The Bertz CT molecular complexity index is 1040. The standard InChI is InChI=1S/C21H26N6O/c1-4-27-15(3)18(14(2)25-27)13-26-10-7-17-19(8-11-26)23-20(24-21(17)28)16-6-5-9-22-12-16/h5-6,9,12H,4,7-8,10-11,13H2,1-3H3,(H,23,24,28). The number of aromatic amines is 1. The van der Waals surface area contributed by atoms with Gasteiger partial charge < -0.3 is 4.98 Å². The van der Waals surface area contributed by atoms with Crippen LogP contribution in [0.15, 0.2) is 29.3 Å². The second kappa shape index (κ2) is 7.67. The van der Waals surface area contributed by atoms with Gasteiger partial charge in [0.05, 0.1) is 11.4 Å². The van der Waals surface area contributed by atoms with E-state index in [9.17, 15) is 4.79 Å². The fourth-order valence-corrected chi connectivity index (χ4v) is 3.95. The first-order valence-electron chi connectivity index (χ1n) is 9.84. The highest BCUT2D eigenvalue weighted by atomic mass is 16.1. The summed E-state index contributed by atoms with van der Waals surface area (Å²) in [4.78, 5) is 26.9. The van der Waals surface area contributed by atoms with Gasteiger partial charge in [-0.3, -0.25) is 19.4 Å². The Kier molecular flexibility index (Phi) is 5.09. The van der Waals surface area contributed by atoms with E-state index in [0.29, 0.717) is 12.2 Å². The summed E-state index contributed by atoms with van der Waals surface area (Å²) in [5.41, 5.74) is 6.15. The molecule has 146 valence electrons. The van der Waals surface area contributed by atoms with Crippen molar-refractivity contribution in [1.29, 1.82) is 0 Å². The smallest absolute Gasteiger partial charge is 0.254 e. The third kappa shape index (κ3) is 3.49. The molecule has 1 aliphatic heterocycles. The molecule has 0 aliphatic carbocycles. The zero-order chi connectivity index (χ0) is 19.7. The van der Waals surface area contributed by atoms with Gasteiger partial charge in [-0.1, -0.05) is 0 Å². The van der Waals surface area contributed by atoms with Crippen LogP contribution < -0.4 is 5.56 Å². The minimum Gasteiger partial charge on any atom is -0.306 e. The summed E-state index contributed by atoms with van der Waals surface area (Å²) < 4.78 is 2.06. The molecule has 0 unspecified atom stereocenters. The minimum atomic E-state index is -0.0307. The molecular formula is C21H26N6O. The monoisotopic (exact) mass is 378 g/mol. The molecule has 0 spiro atoms. The van der Waals surface area contributed by atoms with Gasteiger partial charge in [0.15, 0.2) is 0 Å². The molecule has 0 amide bonds. The second-order valence-corrected chi connectivity index (χ2v) is 7.32. The molecule has 0 saturated carbocycles. The summed E-state index contributed by atoms with van der Waals surface area (Å²) in [6, 6.07) is 3.77. The average molecular weight is 378 g/mol. The molecule has 0 fully saturated rings. The quantitative estimate of drug-likeness (QED) is 0.753. The van der Waals surface area contributed by atoms with Crippen molar-refractivity contribution >= 4 is 0 Å². The van der Waals surface area contributed by atoms with E-state index >= 15 is 0 Å². The lowest BCUT2D eigenvalue weighted by Gasteiger charge is -2.19. The molecule has 0 saturated heterocycles. The lowest BCUT2D eigenvalue weighted by atomic mass is 10.1. The van der Waals surface area contributed by atoms with E-state index in [-0.39, 0.29) is 5.56 Å². The van der Waals surface area contributed by atoms with Crippen LogP contribution in [0.2, 0.25) is 0 Å². The summed E-state index contributed by atoms with van der Waals surface area (Å²) in [6.07, 6.45) is 4.93. The van der Waals surface area contributed by atoms with E-state index in [1.165, 1.54) is 11.3 Å². The van der Waals surface area contributed by atoms with E-state index in [1.54, 1.807) is 12.4 Å². The van der Waals surface area contributed by atoms with Crippen LogP contribution in [0.1, 0.15) is 35.1 Å². The molecule has 3 aromatic heterocycles. The van der Waals surface area contributed by atoms with E-state index in [2.05, 4.69) is 45.4 Å². The molecule has 4 heterocycles. The predicted molar refractivity (Wildman–Crippen MR) is 108 cm³/mol. The van der Waals surface area contributed by atoms with Crippen LogP contribution in [0.4, 0.5) is 0 Å². The number of nitrogens with one attached hydrogen (secondary N) is 1. The SMILES string of the molecule is CCn1nc(C)c(CN2CCc3nc(-c4cccnc4)[nH]c(=O)c3CC2)c1C. The number of hydrogen-bond donors (Lipinski definition) is 1. The Morgan fingerprint density at radius 3 is 2.75 bits per heavy atom. The van der Waals surface area contributed by atoms with Gasteiger partial charge in [-0.25, -0.2) is 4.98 Å². The number of fused-ring (bicyclic) bond motifs is 1. The first-order valence-corrected chi connectivity index (χ1v) is 9.84. The molecule has 0 atom stereocenters. The Morgan fingerprint density at radius 1 is 1.21 bits per heavy atom. The largest absolute Gasteiger partial charge is 0.306 e. The van der Waals surface area contributed by atoms with Gasteiger partial charge in [0.2, 0.25) is 0 Å². The number of hydrogen-bond acceptors (Lipinski definition) is 5. The van der Waals surface area contributed by atoms with E-state index in [4.69, 9.17) is 4.98 Å². The summed E-state index contributed by atoms with van der Waals surface area (Å²) in [6.45, 7) is 9.80. The van der Waals surface area contributed by atoms with Gasteiger partial charge in [0.1, 0.15) is 5.82 Å². The van der Waals surface area contributed by atoms with E-state index in [1.807, 2.05) is 12.1 Å². The molecule has 0 radical (unpaired) electrons. The van der Waals surface area contributed by atoms with Crippen LogP contribution in [-0.4, -0.2) is 42.7 Å². The number of aryl methyl sites for hydroxylation is 2. The third-order valence-electron chi connectivity index (χ3n) is 5.59. The maximum atomic E-state index is 12.7. The third-order valence-corrected chi connectivity index (χ3v) is 5.59. The highest BCUT2D eigenvalue weighted by Gasteiger charge is 2.21. The van der Waals surface area contributed by atoms with Crippen LogP contribution >= 0.6 is 0 Å². The van der Waals surface area contributed by atoms with E-state index < -0.39 is 0 Å². The van der Waals surface area contributed by atoms with Crippen molar-refractivity contribution in [1.82, 2.24) is 29.6 Å². The molecule has 7 heteroatoms. The first kappa shape index (κ1) is 18.6. The minimum absolute atomic E-state index is 0.0307. The van der Waals surface area contributed by atoms with E-state index in [0.717, 1.165) is 55.1 Å². The predicted octanol–water partition coefficient (Wildman–Crippen LogP) is 2.27. The van der Waals surface area contributed by atoms with Crippen LogP contribution in [0, 0.1) is 13.8 Å². The molecule has 0 aromatic carbocycles. The molecule has 1 N–H and O–H groups in total. The molecule has 4 rings (SSSR count). The Labute approximate surface area is 164 Å². The fraction of sp³-hybridized carbons (Fsp3) is 0.429. The van der Waals surface area contributed by atoms with Crippen molar-refractivity contribution < 1.29 is 0 Å². The van der Waals surface area contributed by atoms with Crippen LogP contribution in [0.3, 0.4) is 0 Å². The van der Waals surface area contributed by atoms with Gasteiger partial charge >= 0.3 is 0 Å². The number of nitrogens with zero attached hydrogens (tertiary/aromatic N) is 5. The van der Waals surface area contributed by atoms with Crippen LogP contribution in [0.5, 0.6) is 0 Å².